The van der Waals surface area contributed by atoms with Crippen molar-refractivity contribution in [1.82, 2.24) is 5.32 Å². The SMILES string of the molecule is O=[N+]([O-])c1ccc(NCCNC2CCCCCC2)cc1I. The molecule has 0 saturated heterocycles. The fraction of sp³-hybridized carbons (Fsp3) is 0.600. The summed E-state index contributed by atoms with van der Waals surface area (Å²) in [6, 6.07) is 5.81. The molecule has 21 heavy (non-hydrogen) atoms. The summed E-state index contributed by atoms with van der Waals surface area (Å²) in [6.45, 7) is 1.77. The Hall–Kier alpha value is -0.890. The molecule has 2 rings (SSSR count). The van der Waals surface area contributed by atoms with Crippen LogP contribution in [0.2, 0.25) is 0 Å². The second kappa shape index (κ2) is 8.53. The molecule has 0 amide bonds. The largest absolute Gasteiger partial charge is 0.384 e. The first-order valence-electron chi connectivity index (χ1n) is 7.58. The van der Waals surface area contributed by atoms with Crippen molar-refractivity contribution in [1.29, 1.82) is 0 Å². The van der Waals surface area contributed by atoms with Crippen molar-refractivity contribution in [2.75, 3.05) is 18.4 Å². The highest BCUT2D eigenvalue weighted by Gasteiger charge is 2.12. The van der Waals surface area contributed by atoms with Crippen molar-refractivity contribution < 1.29 is 4.92 Å². The molecule has 1 fully saturated rings. The molecule has 1 aromatic carbocycles. The third-order valence-corrected chi connectivity index (χ3v) is 4.75. The second-order valence-corrected chi connectivity index (χ2v) is 6.65. The Labute approximate surface area is 139 Å². The summed E-state index contributed by atoms with van der Waals surface area (Å²) in [7, 11) is 0. The molecule has 6 heteroatoms. The normalized spacial score (nSPS) is 16.4. The molecule has 0 aromatic heterocycles. The van der Waals surface area contributed by atoms with Crippen LogP contribution in [0.25, 0.3) is 0 Å². The molecule has 116 valence electrons. The van der Waals surface area contributed by atoms with E-state index in [2.05, 4.69) is 10.6 Å². The number of nitro benzene ring substituents is 1. The number of halogens is 1. The topological polar surface area (TPSA) is 67.2 Å². The summed E-state index contributed by atoms with van der Waals surface area (Å²) >= 11 is 2.00. The van der Waals surface area contributed by atoms with E-state index in [1.54, 1.807) is 12.1 Å². The molecule has 0 unspecified atom stereocenters. The summed E-state index contributed by atoms with van der Waals surface area (Å²) in [6.07, 6.45) is 8.00. The number of nitrogens with zero attached hydrogens (tertiary/aromatic N) is 1. The minimum atomic E-state index is -0.348. The molecule has 0 heterocycles. The summed E-state index contributed by atoms with van der Waals surface area (Å²) in [5.74, 6) is 0. The van der Waals surface area contributed by atoms with Crippen molar-refractivity contribution in [3.05, 3.63) is 31.9 Å². The van der Waals surface area contributed by atoms with Crippen LogP contribution in [-0.4, -0.2) is 24.1 Å². The van der Waals surface area contributed by atoms with Crippen LogP contribution in [-0.2, 0) is 0 Å². The number of anilines is 1. The van der Waals surface area contributed by atoms with E-state index in [4.69, 9.17) is 0 Å². The lowest BCUT2D eigenvalue weighted by Crippen LogP contribution is -2.32. The summed E-state index contributed by atoms with van der Waals surface area (Å²) in [4.78, 5) is 10.4. The van der Waals surface area contributed by atoms with E-state index in [1.165, 1.54) is 38.5 Å². The molecule has 1 aliphatic rings. The molecule has 0 radical (unpaired) electrons. The average Bonchev–Trinajstić information content (AvgIpc) is 2.72. The Morgan fingerprint density at radius 2 is 1.90 bits per heavy atom. The zero-order valence-electron chi connectivity index (χ0n) is 12.1. The van der Waals surface area contributed by atoms with Gasteiger partial charge in [-0.1, -0.05) is 25.7 Å². The molecule has 0 aliphatic heterocycles. The van der Waals surface area contributed by atoms with E-state index in [1.807, 2.05) is 28.7 Å². The van der Waals surface area contributed by atoms with Gasteiger partial charge in [0.05, 0.1) is 8.49 Å². The number of benzene rings is 1. The lowest BCUT2D eigenvalue weighted by molar-refractivity contribution is -0.385. The minimum Gasteiger partial charge on any atom is -0.384 e. The Bertz CT molecular complexity index is 474. The number of nitro groups is 1. The van der Waals surface area contributed by atoms with Gasteiger partial charge in [-0.3, -0.25) is 10.1 Å². The molecule has 5 nitrogen and oxygen atoms in total. The molecular formula is C15H22IN3O2. The van der Waals surface area contributed by atoms with Gasteiger partial charge in [-0.25, -0.2) is 0 Å². The highest BCUT2D eigenvalue weighted by molar-refractivity contribution is 14.1. The van der Waals surface area contributed by atoms with Crippen LogP contribution < -0.4 is 10.6 Å². The highest BCUT2D eigenvalue weighted by Crippen LogP contribution is 2.24. The molecule has 0 atom stereocenters. The van der Waals surface area contributed by atoms with Crippen molar-refractivity contribution in [2.24, 2.45) is 0 Å². The lowest BCUT2D eigenvalue weighted by Gasteiger charge is -2.16. The number of nitrogens with one attached hydrogen (secondary N) is 2. The second-order valence-electron chi connectivity index (χ2n) is 5.49. The van der Waals surface area contributed by atoms with E-state index in [-0.39, 0.29) is 10.6 Å². The third kappa shape index (κ3) is 5.43. The van der Waals surface area contributed by atoms with Gasteiger partial charge < -0.3 is 10.6 Å². The van der Waals surface area contributed by atoms with E-state index >= 15 is 0 Å². The lowest BCUT2D eigenvalue weighted by atomic mass is 10.1. The van der Waals surface area contributed by atoms with Crippen molar-refractivity contribution in [3.8, 4) is 0 Å². The molecule has 0 bridgehead atoms. The zero-order valence-corrected chi connectivity index (χ0v) is 14.3. The van der Waals surface area contributed by atoms with Gasteiger partial charge in [0, 0.05) is 30.9 Å². The van der Waals surface area contributed by atoms with Gasteiger partial charge in [0.2, 0.25) is 0 Å². The number of rotatable bonds is 6. The fourth-order valence-electron chi connectivity index (χ4n) is 2.73. The Balaban J connectivity index is 1.73. The Morgan fingerprint density at radius 1 is 1.19 bits per heavy atom. The summed E-state index contributed by atoms with van der Waals surface area (Å²) < 4.78 is 0.666. The van der Waals surface area contributed by atoms with E-state index in [0.717, 1.165) is 18.8 Å². The summed E-state index contributed by atoms with van der Waals surface area (Å²) in [5, 5.41) is 17.7. The maximum absolute atomic E-state index is 10.8. The molecule has 2 N–H and O–H groups in total. The third-order valence-electron chi connectivity index (χ3n) is 3.89. The Morgan fingerprint density at radius 3 is 2.52 bits per heavy atom. The standard InChI is InChI=1S/C15H22IN3O2/c16-14-11-13(7-8-15(14)19(20)21)18-10-9-17-12-5-3-1-2-4-6-12/h7-8,11-12,17-18H,1-6,9-10H2. The predicted octanol–water partition coefficient (Wildman–Crippen LogP) is 3.92. The fourth-order valence-corrected chi connectivity index (χ4v) is 3.44. The van der Waals surface area contributed by atoms with Crippen molar-refractivity contribution >= 4 is 34.0 Å². The van der Waals surface area contributed by atoms with E-state index < -0.39 is 0 Å². The quantitative estimate of drug-likeness (QED) is 0.248. The van der Waals surface area contributed by atoms with Gasteiger partial charge in [-0.2, -0.15) is 0 Å². The molecule has 1 aromatic rings. The number of hydrogen-bond acceptors (Lipinski definition) is 4. The van der Waals surface area contributed by atoms with Gasteiger partial charge in [-0.15, -0.1) is 0 Å². The number of hydrogen-bond donors (Lipinski definition) is 2. The Kier molecular flexibility index (Phi) is 6.69. The van der Waals surface area contributed by atoms with Gasteiger partial charge in [0.1, 0.15) is 0 Å². The maximum Gasteiger partial charge on any atom is 0.282 e. The molecule has 0 spiro atoms. The van der Waals surface area contributed by atoms with Gasteiger partial charge >= 0.3 is 0 Å². The van der Waals surface area contributed by atoms with Crippen LogP contribution in [0.1, 0.15) is 38.5 Å². The zero-order chi connectivity index (χ0) is 15.1. The average molecular weight is 403 g/mol. The monoisotopic (exact) mass is 403 g/mol. The van der Waals surface area contributed by atoms with Crippen LogP contribution in [0.15, 0.2) is 18.2 Å². The van der Waals surface area contributed by atoms with Crippen LogP contribution in [0.3, 0.4) is 0 Å². The van der Waals surface area contributed by atoms with Crippen LogP contribution in [0.5, 0.6) is 0 Å². The first-order valence-corrected chi connectivity index (χ1v) is 8.66. The van der Waals surface area contributed by atoms with Crippen LogP contribution in [0.4, 0.5) is 11.4 Å². The van der Waals surface area contributed by atoms with Gasteiger partial charge in [0.25, 0.3) is 5.69 Å². The highest BCUT2D eigenvalue weighted by atomic mass is 127. The van der Waals surface area contributed by atoms with Crippen molar-refractivity contribution in [3.63, 3.8) is 0 Å². The van der Waals surface area contributed by atoms with E-state index in [0.29, 0.717) is 9.61 Å². The van der Waals surface area contributed by atoms with E-state index in [9.17, 15) is 10.1 Å². The first kappa shape index (κ1) is 16.5. The van der Waals surface area contributed by atoms with Crippen LogP contribution in [0, 0.1) is 13.7 Å². The minimum absolute atomic E-state index is 0.165. The predicted molar refractivity (Wildman–Crippen MR) is 93.8 cm³/mol. The smallest absolute Gasteiger partial charge is 0.282 e. The molecular weight excluding hydrogens is 381 g/mol. The van der Waals surface area contributed by atoms with Gasteiger partial charge in [-0.05, 0) is 47.6 Å². The first-order chi connectivity index (χ1) is 10.2. The molecule has 1 aliphatic carbocycles. The van der Waals surface area contributed by atoms with Gasteiger partial charge in [0.15, 0.2) is 0 Å². The molecule has 1 saturated carbocycles. The maximum atomic E-state index is 10.8. The summed E-state index contributed by atoms with van der Waals surface area (Å²) in [5.41, 5.74) is 1.10. The van der Waals surface area contributed by atoms with Crippen molar-refractivity contribution in [2.45, 2.75) is 44.6 Å². The van der Waals surface area contributed by atoms with Crippen LogP contribution >= 0.6 is 22.6 Å².